The van der Waals surface area contributed by atoms with Crippen molar-refractivity contribution in [3.05, 3.63) is 29.8 Å². The van der Waals surface area contributed by atoms with Crippen LogP contribution in [0.15, 0.2) is 24.3 Å². The molecule has 114 valence electrons. The first-order chi connectivity index (χ1) is 9.81. The van der Waals surface area contributed by atoms with Gasteiger partial charge in [-0.1, -0.05) is 6.07 Å². The Balaban J connectivity index is 2.13. The van der Waals surface area contributed by atoms with Crippen molar-refractivity contribution in [2.24, 2.45) is 0 Å². The monoisotopic (exact) mass is 303 g/mol. The highest BCUT2D eigenvalue weighted by Crippen LogP contribution is 2.26. The molecule has 21 heavy (non-hydrogen) atoms. The van der Waals surface area contributed by atoms with Crippen LogP contribution in [0.3, 0.4) is 0 Å². The minimum absolute atomic E-state index is 0.0188. The summed E-state index contributed by atoms with van der Waals surface area (Å²) in [7, 11) is 1.21. The summed E-state index contributed by atoms with van der Waals surface area (Å²) in [5.41, 5.74) is 0.0188. The van der Waals surface area contributed by atoms with Gasteiger partial charge in [-0.05, 0) is 24.6 Å². The number of hydrogen-bond donors (Lipinski definition) is 0. The number of benzene rings is 1. The van der Waals surface area contributed by atoms with Crippen molar-refractivity contribution in [1.82, 2.24) is 4.90 Å². The summed E-state index contributed by atoms with van der Waals surface area (Å²) in [5, 5.41) is 0. The number of carbonyl (C=O) groups excluding carboxylic acids is 2. The highest BCUT2D eigenvalue weighted by atomic mass is 19.4. The second kappa shape index (κ2) is 5.63. The number of esters is 1. The van der Waals surface area contributed by atoms with E-state index in [2.05, 4.69) is 9.47 Å². The normalized spacial score (nSPS) is 17.9. The standard InChI is InChI=1S/C13H12F3NO4/c1-20-12(19)10-5-6-17(10)11(18)8-3-2-4-9(7-8)21-13(14,15)16/h2-4,7,10H,5-6H2,1H3. The van der Waals surface area contributed by atoms with Crippen molar-refractivity contribution in [2.75, 3.05) is 13.7 Å². The summed E-state index contributed by atoms with van der Waals surface area (Å²) in [6.45, 7) is 0.350. The fourth-order valence-electron chi connectivity index (χ4n) is 2.00. The van der Waals surface area contributed by atoms with E-state index >= 15 is 0 Å². The highest BCUT2D eigenvalue weighted by molar-refractivity contribution is 5.98. The second-order valence-electron chi connectivity index (χ2n) is 4.40. The van der Waals surface area contributed by atoms with Gasteiger partial charge in [0.05, 0.1) is 7.11 Å². The lowest BCUT2D eigenvalue weighted by molar-refractivity contribution is -0.274. The molecule has 5 nitrogen and oxygen atoms in total. The molecule has 8 heteroatoms. The molecule has 2 rings (SSSR count). The van der Waals surface area contributed by atoms with E-state index < -0.39 is 30.0 Å². The van der Waals surface area contributed by atoms with Gasteiger partial charge in [-0.15, -0.1) is 13.2 Å². The lowest BCUT2D eigenvalue weighted by atomic mass is 10.0. The zero-order chi connectivity index (χ0) is 15.6. The molecule has 1 aliphatic heterocycles. The Morgan fingerprint density at radius 1 is 1.33 bits per heavy atom. The molecule has 0 aliphatic carbocycles. The van der Waals surface area contributed by atoms with Crippen LogP contribution in [0.1, 0.15) is 16.8 Å². The van der Waals surface area contributed by atoms with Crippen molar-refractivity contribution >= 4 is 11.9 Å². The van der Waals surface area contributed by atoms with Gasteiger partial charge in [0, 0.05) is 12.1 Å². The van der Waals surface area contributed by atoms with Crippen molar-refractivity contribution in [1.29, 1.82) is 0 Å². The van der Waals surface area contributed by atoms with Gasteiger partial charge in [0.2, 0.25) is 0 Å². The van der Waals surface area contributed by atoms with Gasteiger partial charge in [0.1, 0.15) is 11.8 Å². The number of ether oxygens (including phenoxy) is 2. The Bertz CT molecular complexity index is 559. The largest absolute Gasteiger partial charge is 0.573 e. The van der Waals surface area contributed by atoms with Crippen molar-refractivity contribution in [3.63, 3.8) is 0 Å². The van der Waals surface area contributed by atoms with Crippen LogP contribution in [0.4, 0.5) is 13.2 Å². The average molecular weight is 303 g/mol. The smallest absolute Gasteiger partial charge is 0.467 e. The lowest BCUT2D eigenvalue weighted by Crippen LogP contribution is -2.55. The van der Waals surface area contributed by atoms with E-state index in [1.165, 1.54) is 24.1 Å². The van der Waals surface area contributed by atoms with Crippen molar-refractivity contribution in [2.45, 2.75) is 18.8 Å². The Hall–Kier alpha value is -2.25. The molecule has 0 saturated carbocycles. The summed E-state index contributed by atoms with van der Waals surface area (Å²) in [4.78, 5) is 24.8. The van der Waals surface area contributed by atoms with Gasteiger partial charge in [0.15, 0.2) is 0 Å². The van der Waals surface area contributed by atoms with E-state index in [0.29, 0.717) is 13.0 Å². The molecule has 1 aromatic rings. The van der Waals surface area contributed by atoms with E-state index in [1.807, 2.05) is 0 Å². The minimum atomic E-state index is -4.83. The number of nitrogens with zero attached hydrogens (tertiary/aromatic N) is 1. The molecule has 0 radical (unpaired) electrons. The van der Waals surface area contributed by atoms with E-state index in [9.17, 15) is 22.8 Å². The molecular formula is C13H12F3NO4. The molecule has 1 unspecified atom stereocenters. The van der Waals surface area contributed by atoms with Crippen LogP contribution >= 0.6 is 0 Å². The number of carbonyl (C=O) groups is 2. The lowest BCUT2D eigenvalue weighted by Gasteiger charge is -2.38. The van der Waals surface area contributed by atoms with Gasteiger partial charge >= 0.3 is 12.3 Å². The second-order valence-corrected chi connectivity index (χ2v) is 4.40. The third-order valence-corrected chi connectivity index (χ3v) is 3.07. The number of rotatable bonds is 3. The summed E-state index contributed by atoms with van der Waals surface area (Å²) in [5.74, 6) is -1.56. The zero-order valence-corrected chi connectivity index (χ0v) is 11.0. The Morgan fingerprint density at radius 3 is 2.57 bits per heavy atom. The Labute approximate surface area is 118 Å². The van der Waals surface area contributed by atoms with E-state index in [4.69, 9.17) is 0 Å². The maximum absolute atomic E-state index is 12.2. The number of likely N-dealkylation sites (tertiary alicyclic amines) is 1. The fourth-order valence-corrected chi connectivity index (χ4v) is 2.00. The first-order valence-electron chi connectivity index (χ1n) is 6.06. The first-order valence-corrected chi connectivity index (χ1v) is 6.06. The molecule has 0 N–H and O–H groups in total. The molecule has 1 aliphatic rings. The molecular weight excluding hydrogens is 291 g/mol. The zero-order valence-electron chi connectivity index (χ0n) is 11.0. The van der Waals surface area contributed by atoms with Crippen molar-refractivity contribution < 1.29 is 32.2 Å². The number of methoxy groups -OCH3 is 1. The van der Waals surface area contributed by atoms with Crippen LogP contribution in [0.25, 0.3) is 0 Å². The van der Waals surface area contributed by atoms with Gasteiger partial charge < -0.3 is 14.4 Å². The molecule has 0 spiro atoms. The molecule has 1 heterocycles. The summed E-state index contributed by atoms with van der Waals surface area (Å²) >= 11 is 0. The molecule has 0 bridgehead atoms. The summed E-state index contributed by atoms with van der Waals surface area (Å²) in [6, 6.07) is 4.04. The molecule has 1 amide bonds. The predicted molar refractivity (Wildman–Crippen MR) is 64.6 cm³/mol. The molecule has 1 fully saturated rings. The van der Waals surface area contributed by atoms with Gasteiger partial charge in [-0.25, -0.2) is 4.79 Å². The molecule has 1 atom stereocenters. The van der Waals surface area contributed by atoms with Gasteiger partial charge in [0.25, 0.3) is 5.91 Å². The Kier molecular flexibility index (Phi) is 4.06. The topological polar surface area (TPSA) is 55.8 Å². The maximum atomic E-state index is 12.2. The predicted octanol–water partition coefficient (Wildman–Crippen LogP) is 1.97. The van der Waals surface area contributed by atoms with Gasteiger partial charge in [-0.2, -0.15) is 0 Å². The van der Waals surface area contributed by atoms with Crippen LogP contribution in [0, 0.1) is 0 Å². The summed E-state index contributed by atoms with van der Waals surface area (Å²) < 4.78 is 44.7. The maximum Gasteiger partial charge on any atom is 0.573 e. The number of halogens is 3. The fraction of sp³-hybridized carbons (Fsp3) is 0.385. The average Bonchev–Trinajstić information content (AvgIpc) is 2.35. The first kappa shape index (κ1) is 15.1. The van der Waals surface area contributed by atoms with Crippen LogP contribution in [0.5, 0.6) is 5.75 Å². The van der Waals surface area contributed by atoms with Crippen LogP contribution in [-0.4, -0.2) is 42.8 Å². The molecule has 1 saturated heterocycles. The van der Waals surface area contributed by atoms with E-state index in [1.54, 1.807) is 0 Å². The van der Waals surface area contributed by atoms with Crippen LogP contribution in [0.2, 0.25) is 0 Å². The van der Waals surface area contributed by atoms with Crippen LogP contribution in [-0.2, 0) is 9.53 Å². The van der Waals surface area contributed by atoms with Gasteiger partial charge in [-0.3, -0.25) is 4.79 Å². The number of hydrogen-bond acceptors (Lipinski definition) is 4. The van der Waals surface area contributed by atoms with Crippen LogP contribution < -0.4 is 4.74 Å². The van der Waals surface area contributed by atoms with Crippen molar-refractivity contribution in [3.8, 4) is 5.75 Å². The highest BCUT2D eigenvalue weighted by Gasteiger charge is 2.39. The SMILES string of the molecule is COC(=O)C1CCN1C(=O)c1cccc(OC(F)(F)F)c1. The number of amides is 1. The molecule has 0 aromatic heterocycles. The summed E-state index contributed by atoms with van der Waals surface area (Å²) in [6.07, 6.45) is -4.36. The molecule has 1 aromatic carbocycles. The minimum Gasteiger partial charge on any atom is -0.467 e. The quantitative estimate of drug-likeness (QED) is 0.801. The third-order valence-electron chi connectivity index (χ3n) is 3.07. The third kappa shape index (κ3) is 3.45. The number of alkyl halides is 3. The van der Waals surface area contributed by atoms with E-state index in [0.717, 1.165) is 12.1 Å². The van der Waals surface area contributed by atoms with E-state index in [-0.39, 0.29) is 5.56 Å². The Morgan fingerprint density at radius 2 is 2.05 bits per heavy atom.